The van der Waals surface area contributed by atoms with E-state index in [-0.39, 0.29) is 52.8 Å². The molecule has 2 heterocycles. The highest BCUT2D eigenvalue weighted by molar-refractivity contribution is 6.37. The molecule has 3 amide bonds. The zero-order valence-electron chi connectivity index (χ0n) is 16.1. The lowest BCUT2D eigenvalue weighted by molar-refractivity contribution is -0.143. The maximum Gasteiger partial charge on any atom is 0.307 e. The van der Waals surface area contributed by atoms with Crippen LogP contribution in [0.3, 0.4) is 0 Å². The second-order valence-electron chi connectivity index (χ2n) is 6.39. The number of rotatable bonds is 6. The van der Waals surface area contributed by atoms with Crippen molar-refractivity contribution in [2.45, 2.75) is 20.3 Å². The van der Waals surface area contributed by atoms with Crippen LogP contribution in [-0.4, -0.2) is 46.7 Å². The molecule has 0 saturated heterocycles. The summed E-state index contributed by atoms with van der Waals surface area (Å²) in [6.45, 7) is 3.14. The maximum atomic E-state index is 13.1. The standard InChI is InChI=1S/C20H17ClFN3O5/c1-3-30-13(26)8-9-25-19(28)14-15(20(25)29)17(21)23-10(2)16(14)24-18(27)11-4-6-12(22)7-5-11/h4-7H,3,8-9H2,1-2H3,(H,24,27). The highest BCUT2D eigenvalue weighted by atomic mass is 35.5. The molecule has 10 heteroatoms. The highest BCUT2D eigenvalue weighted by Crippen LogP contribution is 2.35. The van der Waals surface area contributed by atoms with Crippen LogP contribution in [0.1, 0.15) is 50.1 Å². The van der Waals surface area contributed by atoms with Gasteiger partial charge in [0.05, 0.1) is 35.5 Å². The summed E-state index contributed by atoms with van der Waals surface area (Å²) in [4.78, 5) is 54.7. The van der Waals surface area contributed by atoms with Crippen LogP contribution in [0.25, 0.3) is 0 Å². The Kier molecular flexibility index (Phi) is 6.12. The van der Waals surface area contributed by atoms with Crippen molar-refractivity contribution in [1.29, 1.82) is 0 Å². The highest BCUT2D eigenvalue weighted by Gasteiger charge is 2.41. The van der Waals surface area contributed by atoms with Crippen molar-refractivity contribution in [2.75, 3.05) is 18.5 Å². The minimum atomic E-state index is -0.714. The largest absolute Gasteiger partial charge is 0.466 e. The molecule has 0 atom stereocenters. The number of aryl methyl sites for hydroxylation is 1. The molecule has 1 aromatic heterocycles. The number of hydrogen-bond acceptors (Lipinski definition) is 6. The van der Waals surface area contributed by atoms with Gasteiger partial charge in [-0.05, 0) is 38.1 Å². The number of anilines is 1. The lowest BCUT2D eigenvalue weighted by Crippen LogP contribution is -2.32. The molecule has 1 aliphatic rings. The first-order valence-electron chi connectivity index (χ1n) is 9.03. The molecule has 0 radical (unpaired) electrons. The Hall–Kier alpha value is -3.33. The second kappa shape index (κ2) is 8.58. The van der Waals surface area contributed by atoms with Crippen molar-refractivity contribution >= 4 is 41.0 Å². The van der Waals surface area contributed by atoms with Gasteiger partial charge in [0.1, 0.15) is 11.0 Å². The van der Waals surface area contributed by atoms with Gasteiger partial charge in [-0.15, -0.1) is 0 Å². The summed E-state index contributed by atoms with van der Waals surface area (Å²) in [7, 11) is 0. The minimum absolute atomic E-state index is 0.0284. The SMILES string of the molecule is CCOC(=O)CCN1C(=O)c2c(Cl)nc(C)c(NC(=O)c3ccc(F)cc3)c2C1=O. The molecule has 0 unspecified atom stereocenters. The number of nitrogens with zero attached hydrogens (tertiary/aromatic N) is 2. The summed E-state index contributed by atoms with van der Waals surface area (Å²) in [5, 5.41) is 2.38. The lowest BCUT2D eigenvalue weighted by Gasteiger charge is -2.14. The normalized spacial score (nSPS) is 12.7. The van der Waals surface area contributed by atoms with Gasteiger partial charge in [-0.3, -0.25) is 24.1 Å². The van der Waals surface area contributed by atoms with Gasteiger partial charge >= 0.3 is 5.97 Å². The Bertz CT molecular complexity index is 1060. The summed E-state index contributed by atoms with van der Waals surface area (Å²) in [6, 6.07) is 4.81. The number of benzene rings is 1. The van der Waals surface area contributed by atoms with E-state index in [1.807, 2.05) is 0 Å². The quantitative estimate of drug-likeness (QED) is 0.426. The number of nitrogens with one attached hydrogen (secondary N) is 1. The van der Waals surface area contributed by atoms with Gasteiger partial charge in [0, 0.05) is 12.1 Å². The first-order valence-corrected chi connectivity index (χ1v) is 9.41. The number of carbonyl (C=O) groups excluding carboxylic acids is 4. The average molecular weight is 434 g/mol. The number of pyridine rings is 1. The molecular weight excluding hydrogens is 417 g/mol. The summed E-state index contributed by atoms with van der Waals surface area (Å²) >= 11 is 6.10. The monoisotopic (exact) mass is 433 g/mol. The van der Waals surface area contributed by atoms with Gasteiger partial charge in [0.15, 0.2) is 0 Å². The van der Waals surface area contributed by atoms with Crippen LogP contribution in [0.4, 0.5) is 10.1 Å². The zero-order chi connectivity index (χ0) is 22.0. The number of amides is 3. The van der Waals surface area contributed by atoms with Crippen molar-refractivity contribution in [1.82, 2.24) is 9.88 Å². The van der Waals surface area contributed by atoms with Crippen molar-refractivity contribution < 1.29 is 28.3 Å². The number of hydrogen-bond donors (Lipinski definition) is 1. The van der Waals surface area contributed by atoms with Gasteiger partial charge < -0.3 is 10.1 Å². The van der Waals surface area contributed by atoms with Crippen molar-refractivity contribution in [3.05, 3.63) is 57.6 Å². The summed E-state index contributed by atoms with van der Waals surface area (Å²) < 4.78 is 17.9. The average Bonchev–Trinajstić information content (AvgIpc) is 2.94. The number of ether oxygens (including phenoxy) is 1. The Morgan fingerprint density at radius 3 is 2.43 bits per heavy atom. The van der Waals surface area contributed by atoms with E-state index < -0.39 is 29.5 Å². The van der Waals surface area contributed by atoms with Crippen molar-refractivity contribution in [3.8, 4) is 0 Å². The third-order valence-corrected chi connectivity index (χ3v) is 4.72. The molecule has 156 valence electrons. The molecule has 1 aromatic carbocycles. The number of imide groups is 1. The molecule has 8 nitrogen and oxygen atoms in total. The number of carbonyl (C=O) groups is 4. The van der Waals surface area contributed by atoms with E-state index in [9.17, 15) is 23.6 Å². The van der Waals surface area contributed by atoms with Gasteiger partial charge in [-0.25, -0.2) is 9.37 Å². The predicted molar refractivity (Wildman–Crippen MR) is 105 cm³/mol. The number of fused-ring (bicyclic) bond motifs is 1. The van der Waals surface area contributed by atoms with Crippen LogP contribution >= 0.6 is 11.6 Å². The van der Waals surface area contributed by atoms with Gasteiger partial charge in [-0.1, -0.05) is 11.6 Å². The Morgan fingerprint density at radius 2 is 1.80 bits per heavy atom. The van der Waals surface area contributed by atoms with Gasteiger partial charge in [-0.2, -0.15) is 0 Å². The second-order valence-corrected chi connectivity index (χ2v) is 6.75. The summed E-state index contributed by atoms with van der Waals surface area (Å²) in [5.74, 6) is -3.10. The van der Waals surface area contributed by atoms with E-state index in [4.69, 9.17) is 16.3 Å². The zero-order valence-corrected chi connectivity index (χ0v) is 16.9. The van der Waals surface area contributed by atoms with Crippen LogP contribution in [-0.2, 0) is 9.53 Å². The van der Waals surface area contributed by atoms with E-state index in [0.29, 0.717) is 0 Å². The Morgan fingerprint density at radius 1 is 1.17 bits per heavy atom. The molecule has 30 heavy (non-hydrogen) atoms. The van der Waals surface area contributed by atoms with Crippen LogP contribution in [0.5, 0.6) is 0 Å². The fourth-order valence-corrected chi connectivity index (χ4v) is 3.32. The van der Waals surface area contributed by atoms with Crippen molar-refractivity contribution in [2.24, 2.45) is 0 Å². The summed E-state index contributed by atoms with van der Waals surface area (Å²) in [5.41, 5.74) is 0.154. The van der Waals surface area contributed by atoms with Crippen LogP contribution in [0, 0.1) is 12.7 Å². The van der Waals surface area contributed by atoms with Crippen LogP contribution in [0.15, 0.2) is 24.3 Å². The lowest BCUT2D eigenvalue weighted by atomic mass is 10.1. The van der Waals surface area contributed by atoms with E-state index in [2.05, 4.69) is 10.3 Å². The van der Waals surface area contributed by atoms with Gasteiger partial charge in [0.25, 0.3) is 17.7 Å². The smallest absolute Gasteiger partial charge is 0.307 e. The molecule has 0 saturated carbocycles. The van der Waals surface area contributed by atoms with Crippen LogP contribution in [0.2, 0.25) is 5.15 Å². The molecule has 3 rings (SSSR count). The molecule has 0 spiro atoms. The first kappa shape index (κ1) is 21.4. The Balaban J connectivity index is 1.93. The van der Waals surface area contributed by atoms with E-state index in [1.54, 1.807) is 6.92 Å². The Labute approximate surface area is 176 Å². The number of halogens is 2. The minimum Gasteiger partial charge on any atom is -0.466 e. The van der Waals surface area contributed by atoms with E-state index in [1.165, 1.54) is 19.1 Å². The molecule has 0 fully saturated rings. The third-order valence-electron chi connectivity index (χ3n) is 4.44. The molecule has 0 bridgehead atoms. The topological polar surface area (TPSA) is 106 Å². The summed E-state index contributed by atoms with van der Waals surface area (Å²) in [6.07, 6.45) is -0.180. The van der Waals surface area contributed by atoms with E-state index >= 15 is 0 Å². The molecule has 0 aliphatic carbocycles. The predicted octanol–water partition coefficient (Wildman–Crippen LogP) is 2.98. The molecule has 1 aliphatic heterocycles. The number of aromatic nitrogens is 1. The van der Waals surface area contributed by atoms with Crippen molar-refractivity contribution in [3.63, 3.8) is 0 Å². The molecule has 2 aromatic rings. The third kappa shape index (κ3) is 4.02. The van der Waals surface area contributed by atoms with Gasteiger partial charge in [0.2, 0.25) is 0 Å². The fraction of sp³-hybridized carbons (Fsp3) is 0.250. The van der Waals surface area contributed by atoms with Crippen LogP contribution < -0.4 is 5.32 Å². The first-order chi connectivity index (χ1) is 14.2. The fourth-order valence-electron chi connectivity index (χ4n) is 3.02. The molecule has 1 N–H and O–H groups in total. The maximum absolute atomic E-state index is 13.1. The molecular formula is C20H17ClFN3O5. The number of esters is 1. The van der Waals surface area contributed by atoms with E-state index in [0.717, 1.165) is 17.0 Å².